The number of carbonyl (C=O) groups excluding carboxylic acids is 2. The minimum absolute atomic E-state index is 0.119. The maximum atomic E-state index is 13.0. The van der Waals surface area contributed by atoms with E-state index in [9.17, 15) is 9.59 Å². The smallest absolute Gasteiger partial charge is 0.291 e. The van der Waals surface area contributed by atoms with Gasteiger partial charge in [0.2, 0.25) is 0 Å². The molecule has 0 saturated carbocycles. The van der Waals surface area contributed by atoms with Gasteiger partial charge in [-0.1, -0.05) is 6.07 Å². The van der Waals surface area contributed by atoms with Crippen molar-refractivity contribution in [1.82, 2.24) is 10.2 Å². The lowest BCUT2D eigenvalue weighted by Crippen LogP contribution is -2.44. The number of rotatable bonds is 6. The molecular weight excluding hydrogens is 364 g/mol. The predicted octanol–water partition coefficient (Wildman–Crippen LogP) is 1.93. The average Bonchev–Trinajstić information content (AvgIpc) is 3.28. The molecule has 1 aromatic heterocycles. The van der Waals surface area contributed by atoms with E-state index in [0.717, 1.165) is 0 Å². The fraction of sp³-hybridized carbons (Fsp3) is 0.300. The van der Waals surface area contributed by atoms with E-state index in [1.54, 1.807) is 42.4 Å². The summed E-state index contributed by atoms with van der Waals surface area (Å²) < 4.78 is 21.0. The van der Waals surface area contributed by atoms with Crippen molar-refractivity contribution in [2.45, 2.75) is 0 Å². The molecule has 0 atom stereocenters. The number of nitrogens with one attached hydrogen (secondary N) is 1. The van der Waals surface area contributed by atoms with Crippen LogP contribution in [0.5, 0.6) is 11.5 Å². The third-order valence-corrected chi connectivity index (χ3v) is 4.24. The molecule has 1 aliphatic heterocycles. The Labute approximate surface area is 162 Å². The van der Waals surface area contributed by atoms with Crippen LogP contribution in [0.4, 0.5) is 0 Å². The number of ether oxygens (including phenoxy) is 3. The number of hydrogen-bond acceptors (Lipinski definition) is 6. The van der Waals surface area contributed by atoms with Crippen molar-refractivity contribution in [3.63, 3.8) is 0 Å². The number of amides is 2. The van der Waals surface area contributed by atoms with Gasteiger partial charge >= 0.3 is 0 Å². The van der Waals surface area contributed by atoms with Gasteiger partial charge in [0, 0.05) is 13.1 Å². The fourth-order valence-corrected chi connectivity index (χ4v) is 2.79. The summed E-state index contributed by atoms with van der Waals surface area (Å²) in [4.78, 5) is 27.1. The molecular formula is C20H22N2O6. The van der Waals surface area contributed by atoms with Gasteiger partial charge in [0.15, 0.2) is 17.3 Å². The van der Waals surface area contributed by atoms with E-state index in [1.807, 2.05) is 0 Å². The molecule has 2 aromatic rings. The number of furan rings is 1. The number of methoxy groups -OCH3 is 2. The van der Waals surface area contributed by atoms with Crippen LogP contribution >= 0.6 is 0 Å². The summed E-state index contributed by atoms with van der Waals surface area (Å²) in [6.07, 6.45) is 3.00. The highest BCUT2D eigenvalue weighted by molar-refractivity contribution is 6.04. The summed E-state index contributed by atoms with van der Waals surface area (Å²) in [6, 6.07) is 8.37. The molecule has 0 radical (unpaired) electrons. The van der Waals surface area contributed by atoms with Gasteiger partial charge in [-0.25, -0.2) is 0 Å². The largest absolute Gasteiger partial charge is 0.493 e. The third kappa shape index (κ3) is 4.52. The zero-order valence-corrected chi connectivity index (χ0v) is 15.8. The van der Waals surface area contributed by atoms with E-state index in [4.69, 9.17) is 18.6 Å². The van der Waals surface area contributed by atoms with E-state index in [1.165, 1.54) is 19.4 Å². The Hall–Kier alpha value is -3.26. The molecule has 3 rings (SSSR count). The first-order valence-electron chi connectivity index (χ1n) is 8.78. The third-order valence-electron chi connectivity index (χ3n) is 4.24. The van der Waals surface area contributed by atoms with Gasteiger partial charge in [0.1, 0.15) is 5.70 Å². The second-order valence-electron chi connectivity index (χ2n) is 6.01. The van der Waals surface area contributed by atoms with Crippen molar-refractivity contribution in [2.75, 3.05) is 40.5 Å². The van der Waals surface area contributed by atoms with Crippen LogP contribution in [0.3, 0.4) is 0 Å². The minimum Gasteiger partial charge on any atom is -0.493 e. The lowest BCUT2D eigenvalue weighted by molar-refractivity contribution is -0.131. The van der Waals surface area contributed by atoms with E-state index in [2.05, 4.69) is 5.32 Å². The second-order valence-corrected chi connectivity index (χ2v) is 6.01. The zero-order chi connectivity index (χ0) is 19.9. The molecule has 0 spiro atoms. The first kappa shape index (κ1) is 19.5. The Bertz CT molecular complexity index is 854. The van der Waals surface area contributed by atoms with Gasteiger partial charge in [-0.3, -0.25) is 9.59 Å². The van der Waals surface area contributed by atoms with Crippen LogP contribution in [-0.4, -0.2) is 57.2 Å². The molecule has 8 heteroatoms. The van der Waals surface area contributed by atoms with Crippen LogP contribution in [0.15, 0.2) is 46.7 Å². The van der Waals surface area contributed by atoms with Crippen LogP contribution in [0.1, 0.15) is 16.1 Å². The first-order chi connectivity index (χ1) is 13.6. The molecule has 2 heterocycles. The summed E-state index contributed by atoms with van der Waals surface area (Å²) in [5, 5.41) is 2.66. The summed E-state index contributed by atoms with van der Waals surface area (Å²) in [5.41, 5.74) is 0.810. The van der Waals surface area contributed by atoms with Crippen LogP contribution < -0.4 is 14.8 Å². The number of morpholine rings is 1. The van der Waals surface area contributed by atoms with Crippen LogP contribution in [0.2, 0.25) is 0 Å². The van der Waals surface area contributed by atoms with E-state index in [-0.39, 0.29) is 17.4 Å². The predicted molar refractivity (Wildman–Crippen MR) is 101 cm³/mol. The van der Waals surface area contributed by atoms with Gasteiger partial charge in [-0.2, -0.15) is 0 Å². The van der Waals surface area contributed by atoms with Crippen molar-refractivity contribution < 1.29 is 28.2 Å². The van der Waals surface area contributed by atoms with Gasteiger partial charge in [0.05, 0.1) is 33.7 Å². The van der Waals surface area contributed by atoms with Crippen molar-refractivity contribution in [3.05, 3.63) is 53.6 Å². The average molecular weight is 386 g/mol. The quantitative estimate of drug-likeness (QED) is 0.763. The summed E-state index contributed by atoms with van der Waals surface area (Å²) >= 11 is 0. The Balaban J connectivity index is 1.91. The Kier molecular flexibility index (Phi) is 6.33. The van der Waals surface area contributed by atoms with Gasteiger partial charge in [0.25, 0.3) is 11.8 Å². The zero-order valence-electron chi connectivity index (χ0n) is 15.8. The Morgan fingerprint density at radius 3 is 2.50 bits per heavy atom. The SMILES string of the molecule is COc1ccc(/C=C(\NC(=O)c2ccco2)C(=O)N2CCOCC2)cc1OC. The van der Waals surface area contributed by atoms with Crippen molar-refractivity contribution in [1.29, 1.82) is 0 Å². The molecule has 8 nitrogen and oxygen atoms in total. The molecule has 148 valence electrons. The number of hydrogen-bond donors (Lipinski definition) is 1. The highest BCUT2D eigenvalue weighted by Crippen LogP contribution is 2.28. The van der Waals surface area contributed by atoms with Gasteiger partial charge in [-0.05, 0) is 35.9 Å². The number of nitrogens with zero attached hydrogens (tertiary/aromatic N) is 1. The highest BCUT2D eigenvalue weighted by atomic mass is 16.5. The van der Waals surface area contributed by atoms with Crippen LogP contribution in [0, 0.1) is 0 Å². The highest BCUT2D eigenvalue weighted by Gasteiger charge is 2.23. The maximum absolute atomic E-state index is 13.0. The maximum Gasteiger partial charge on any atom is 0.291 e. The fourth-order valence-electron chi connectivity index (χ4n) is 2.79. The van der Waals surface area contributed by atoms with Crippen molar-refractivity contribution >= 4 is 17.9 Å². The minimum atomic E-state index is -0.502. The number of carbonyl (C=O) groups is 2. The molecule has 28 heavy (non-hydrogen) atoms. The lowest BCUT2D eigenvalue weighted by atomic mass is 10.1. The summed E-state index contributed by atoms with van der Waals surface area (Å²) in [7, 11) is 3.08. The molecule has 1 N–H and O–H groups in total. The molecule has 0 unspecified atom stereocenters. The monoisotopic (exact) mass is 386 g/mol. The molecule has 1 aliphatic rings. The molecule has 1 fully saturated rings. The lowest BCUT2D eigenvalue weighted by Gasteiger charge is -2.27. The first-order valence-corrected chi connectivity index (χ1v) is 8.78. The second kappa shape index (κ2) is 9.09. The van der Waals surface area contributed by atoms with Crippen molar-refractivity contribution in [3.8, 4) is 11.5 Å². The Morgan fingerprint density at radius 1 is 1.11 bits per heavy atom. The molecule has 1 saturated heterocycles. The molecule has 2 amide bonds. The van der Waals surface area contributed by atoms with Gasteiger partial charge < -0.3 is 28.8 Å². The van der Waals surface area contributed by atoms with Gasteiger partial charge in [-0.15, -0.1) is 0 Å². The topological polar surface area (TPSA) is 90.2 Å². The summed E-state index contributed by atoms with van der Waals surface area (Å²) in [6.45, 7) is 1.83. The normalized spacial score (nSPS) is 14.5. The summed E-state index contributed by atoms with van der Waals surface area (Å²) in [5.74, 6) is 0.413. The molecule has 0 bridgehead atoms. The van der Waals surface area contributed by atoms with E-state index < -0.39 is 5.91 Å². The van der Waals surface area contributed by atoms with Crippen LogP contribution in [0.25, 0.3) is 6.08 Å². The van der Waals surface area contributed by atoms with Crippen molar-refractivity contribution in [2.24, 2.45) is 0 Å². The standard InChI is InChI=1S/C20H22N2O6/c1-25-16-6-5-14(13-18(16)26-2)12-15(20(24)22-7-10-27-11-8-22)21-19(23)17-4-3-9-28-17/h3-6,9,12-13H,7-8,10-11H2,1-2H3,(H,21,23)/b15-12-. The molecule has 0 aliphatic carbocycles. The van der Waals surface area contributed by atoms with E-state index >= 15 is 0 Å². The number of benzene rings is 1. The van der Waals surface area contributed by atoms with Crippen LogP contribution in [-0.2, 0) is 9.53 Å². The van der Waals surface area contributed by atoms with E-state index in [0.29, 0.717) is 43.4 Å². The Morgan fingerprint density at radius 2 is 1.86 bits per heavy atom. The molecule has 1 aromatic carbocycles.